The minimum atomic E-state index is -0.346. The smallest absolute Gasteiger partial charge is 0.160 e. The van der Waals surface area contributed by atoms with Gasteiger partial charge in [0.15, 0.2) is 11.2 Å². The zero-order chi connectivity index (χ0) is 42.8. The van der Waals surface area contributed by atoms with Crippen LogP contribution in [0.25, 0.3) is 121 Å². The molecule has 306 valence electrons. The second kappa shape index (κ2) is 13.8. The number of aromatic nitrogens is 2. The van der Waals surface area contributed by atoms with Gasteiger partial charge in [-0.1, -0.05) is 123 Å². The zero-order valence-corrected chi connectivity index (χ0v) is 35.0. The molecule has 0 saturated heterocycles. The van der Waals surface area contributed by atoms with Crippen LogP contribution in [-0.4, -0.2) is 9.13 Å². The monoisotopic (exact) mass is 832 g/mol. The molecule has 0 N–H and O–H groups in total. The Labute approximate surface area is 365 Å². The topological polar surface area (TPSA) is 36.1 Å². The van der Waals surface area contributed by atoms with Crippen molar-refractivity contribution in [2.24, 2.45) is 0 Å². The van der Waals surface area contributed by atoms with Crippen LogP contribution in [-0.2, 0) is 12.8 Å². The molecule has 4 aromatic heterocycles. The van der Waals surface area contributed by atoms with Crippen molar-refractivity contribution in [3.05, 3.63) is 193 Å². The number of furan rings is 2. The van der Waals surface area contributed by atoms with Gasteiger partial charge in [0.25, 0.3) is 0 Å². The Bertz CT molecular complexity index is 4010. The normalized spacial score (nSPS) is 12.2. The van der Waals surface area contributed by atoms with Crippen LogP contribution >= 0.6 is 0 Å². The van der Waals surface area contributed by atoms with Gasteiger partial charge in [-0.2, -0.15) is 0 Å². The van der Waals surface area contributed by atoms with E-state index in [1.54, 1.807) is 24.3 Å². The summed E-state index contributed by atoms with van der Waals surface area (Å²) in [5, 5.41) is 8.30. The quantitative estimate of drug-likeness (QED) is 0.167. The molecule has 0 aliphatic carbocycles. The molecular formula is C58H38F2N2O2. The predicted molar refractivity (Wildman–Crippen MR) is 259 cm³/mol. The summed E-state index contributed by atoms with van der Waals surface area (Å²) < 4.78 is 50.5. The van der Waals surface area contributed by atoms with E-state index in [-0.39, 0.29) is 11.6 Å². The highest BCUT2D eigenvalue weighted by molar-refractivity contribution is 6.24. The van der Waals surface area contributed by atoms with Crippen molar-refractivity contribution in [3.63, 3.8) is 0 Å². The Hall–Kier alpha value is -7.96. The summed E-state index contributed by atoms with van der Waals surface area (Å²) in [6.07, 6.45) is 1.18. The molecule has 0 radical (unpaired) electrons. The molecule has 0 fully saturated rings. The van der Waals surface area contributed by atoms with Gasteiger partial charge < -0.3 is 18.0 Å². The summed E-state index contributed by atoms with van der Waals surface area (Å²) in [6, 6.07) is 55.8. The Morgan fingerprint density at radius 2 is 0.797 bits per heavy atom. The lowest BCUT2D eigenvalue weighted by atomic mass is 9.84. The van der Waals surface area contributed by atoms with E-state index in [0.29, 0.717) is 24.0 Å². The van der Waals surface area contributed by atoms with Crippen LogP contribution in [0.15, 0.2) is 179 Å². The predicted octanol–water partition coefficient (Wildman–Crippen LogP) is 16.4. The van der Waals surface area contributed by atoms with Gasteiger partial charge in [-0.15, -0.1) is 0 Å². The molecule has 9 aromatic carbocycles. The maximum Gasteiger partial charge on any atom is 0.160 e. The SMILES string of the molecule is CCc1c(-c2cccc(F)c2)c(-n2c3ccccc3c3ccc4c5ccccc5oc4c32)c(-c2cccc(F)c2)c(CC)c1-n1c2ccccc2c2ccc3c4ccccc4oc3c21. The molecule has 64 heavy (non-hydrogen) atoms. The fourth-order valence-corrected chi connectivity index (χ4v) is 10.8. The Morgan fingerprint density at radius 3 is 1.25 bits per heavy atom. The second-order valence-electron chi connectivity index (χ2n) is 16.7. The molecule has 0 atom stereocenters. The zero-order valence-electron chi connectivity index (χ0n) is 35.0. The first-order valence-corrected chi connectivity index (χ1v) is 21.9. The third-order valence-electron chi connectivity index (χ3n) is 13.4. The molecule has 0 unspecified atom stereocenters. The van der Waals surface area contributed by atoms with E-state index in [0.717, 1.165) is 121 Å². The Kier molecular flexibility index (Phi) is 7.89. The fourth-order valence-electron chi connectivity index (χ4n) is 10.8. The number of fused-ring (bicyclic) bond motifs is 14. The summed E-state index contributed by atoms with van der Waals surface area (Å²) in [7, 11) is 0. The van der Waals surface area contributed by atoms with Crippen molar-refractivity contribution in [2.75, 3.05) is 0 Å². The molecule has 0 aliphatic rings. The number of hydrogen-bond acceptors (Lipinski definition) is 2. The molecule has 0 amide bonds. The molecular weight excluding hydrogens is 795 g/mol. The number of nitrogens with zero attached hydrogens (tertiary/aromatic N) is 2. The maximum absolute atomic E-state index is 16.0. The van der Waals surface area contributed by atoms with Gasteiger partial charge in [0.1, 0.15) is 22.8 Å². The highest BCUT2D eigenvalue weighted by atomic mass is 19.1. The van der Waals surface area contributed by atoms with Crippen molar-refractivity contribution >= 4 is 87.5 Å². The number of hydrogen-bond donors (Lipinski definition) is 0. The summed E-state index contributed by atoms with van der Waals surface area (Å²) in [5.74, 6) is -0.691. The van der Waals surface area contributed by atoms with Gasteiger partial charge in [0.05, 0.1) is 33.4 Å². The molecule has 0 saturated carbocycles. The second-order valence-corrected chi connectivity index (χ2v) is 16.7. The van der Waals surface area contributed by atoms with Crippen LogP contribution < -0.4 is 0 Å². The van der Waals surface area contributed by atoms with Gasteiger partial charge in [0, 0.05) is 54.2 Å². The van der Waals surface area contributed by atoms with E-state index in [9.17, 15) is 0 Å². The number of benzene rings is 9. The van der Waals surface area contributed by atoms with E-state index in [2.05, 4.69) is 108 Å². The molecule has 13 rings (SSSR count). The standard InChI is InChI=1S/C58H38F2N2O2/c1-3-37-51(33-15-13-17-35(59)31-33)56(62-48-24-10-6-20-40(48)44-28-30-46-42-22-8-12-26-50(42)64-58(46)55(44)62)52(34-16-14-18-36(60)32-34)38(4-2)53(37)61-47-23-9-5-19-39(47)43-27-29-45-41-21-7-11-25-49(41)63-57(45)54(43)61/h5-32H,3-4H2,1-2H3. The summed E-state index contributed by atoms with van der Waals surface area (Å²) >= 11 is 0. The van der Waals surface area contributed by atoms with Crippen LogP contribution in [0.1, 0.15) is 25.0 Å². The molecule has 4 heterocycles. The average Bonchev–Trinajstić information content (AvgIpc) is 4.08. The minimum Gasteiger partial charge on any atom is -0.454 e. The van der Waals surface area contributed by atoms with E-state index >= 15 is 8.78 Å². The first-order valence-electron chi connectivity index (χ1n) is 21.9. The lowest BCUT2D eigenvalue weighted by molar-refractivity contribution is 0.628. The van der Waals surface area contributed by atoms with Crippen molar-refractivity contribution in [3.8, 4) is 33.6 Å². The third-order valence-corrected chi connectivity index (χ3v) is 13.4. The molecule has 0 bridgehead atoms. The van der Waals surface area contributed by atoms with Crippen molar-refractivity contribution in [1.29, 1.82) is 0 Å². The van der Waals surface area contributed by atoms with Gasteiger partial charge in [0.2, 0.25) is 0 Å². The Balaban J connectivity index is 1.32. The van der Waals surface area contributed by atoms with Crippen LogP contribution in [0, 0.1) is 11.6 Å². The molecule has 4 nitrogen and oxygen atoms in total. The van der Waals surface area contributed by atoms with E-state index in [4.69, 9.17) is 8.83 Å². The highest BCUT2D eigenvalue weighted by Gasteiger charge is 2.32. The maximum atomic E-state index is 16.0. The minimum absolute atomic E-state index is 0.346. The van der Waals surface area contributed by atoms with Crippen LogP contribution in [0.4, 0.5) is 8.78 Å². The average molecular weight is 833 g/mol. The lowest BCUT2D eigenvalue weighted by Gasteiger charge is -2.29. The van der Waals surface area contributed by atoms with Gasteiger partial charge >= 0.3 is 0 Å². The van der Waals surface area contributed by atoms with Crippen molar-refractivity contribution in [1.82, 2.24) is 9.13 Å². The van der Waals surface area contributed by atoms with E-state index in [1.165, 1.54) is 12.1 Å². The number of halogens is 2. The van der Waals surface area contributed by atoms with E-state index in [1.807, 2.05) is 48.5 Å². The fraction of sp³-hybridized carbons (Fsp3) is 0.0690. The molecule has 0 spiro atoms. The van der Waals surface area contributed by atoms with Gasteiger partial charge in [-0.25, -0.2) is 8.78 Å². The van der Waals surface area contributed by atoms with Crippen molar-refractivity contribution in [2.45, 2.75) is 26.7 Å². The van der Waals surface area contributed by atoms with Gasteiger partial charge in [-0.3, -0.25) is 0 Å². The molecule has 13 aromatic rings. The van der Waals surface area contributed by atoms with Crippen LogP contribution in [0.5, 0.6) is 0 Å². The first-order chi connectivity index (χ1) is 31.5. The Morgan fingerprint density at radius 1 is 0.391 bits per heavy atom. The summed E-state index contributed by atoms with van der Waals surface area (Å²) in [4.78, 5) is 0. The largest absolute Gasteiger partial charge is 0.454 e. The van der Waals surface area contributed by atoms with Crippen LogP contribution in [0.2, 0.25) is 0 Å². The van der Waals surface area contributed by atoms with Gasteiger partial charge in [-0.05, 0) is 95.8 Å². The number of para-hydroxylation sites is 4. The van der Waals surface area contributed by atoms with Crippen molar-refractivity contribution < 1.29 is 17.6 Å². The highest BCUT2D eigenvalue weighted by Crippen LogP contribution is 2.51. The molecule has 6 heteroatoms. The van der Waals surface area contributed by atoms with E-state index < -0.39 is 0 Å². The number of rotatable bonds is 6. The summed E-state index contributed by atoms with van der Waals surface area (Å²) in [5.41, 5.74) is 13.9. The summed E-state index contributed by atoms with van der Waals surface area (Å²) in [6.45, 7) is 4.36. The third kappa shape index (κ3) is 5.02. The van der Waals surface area contributed by atoms with Crippen LogP contribution in [0.3, 0.4) is 0 Å². The first kappa shape index (κ1) is 36.7. The molecule has 0 aliphatic heterocycles. The lowest BCUT2D eigenvalue weighted by Crippen LogP contribution is -2.13.